The summed E-state index contributed by atoms with van der Waals surface area (Å²) in [7, 11) is 0. The highest BCUT2D eigenvalue weighted by atomic mass is 19.1. The average Bonchev–Trinajstić information content (AvgIpc) is 3.29. The molecule has 1 aliphatic rings. The summed E-state index contributed by atoms with van der Waals surface area (Å²) >= 11 is 0. The van der Waals surface area contributed by atoms with Gasteiger partial charge in [0.1, 0.15) is 17.8 Å². The Morgan fingerprint density at radius 1 is 1.12 bits per heavy atom. The smallest absolute Gasteiger partial charge is 0.257 e. The molecule has 1 heterocycles. The van der Waals surface area contributed by atoms with Gasteiger partial charge in [0.05, 0.1) is 12.1 Å². The van der Waals surface area contributed by atoms with Crippen LogP contribution in [0.25, 0.3) is 0 Å². The predicted octanol–water partition coefficient (Wildman–Crippen LogP) is 2.58. The molecule has 2 aromatic rings. The molecule has 9 heteroatoms. The maximum atomic E-state index is 13.2. The minimum absolute atomic E-state index is 0.0133. The lowest BCUT2D eigenvalue weighted by Gasteiger charge is -2.23. The van der Waals surface area contributed by atoms with Crippen LogP contribution in [-0.2, 0) is 4.74 Å². The molecular formula is C23H29F2N5O2. The van der Waals surface area contributed by atoms with E-state index in [1.807, 2.05) is 6.92 Å². The van der Waals surface area contributed by atoms with E-state index in [1.54, 1.807) is 12.1 Å². The Morgan fingerprint density at radius 2 is 1.75 bits per heavy atom. The van der Waals surface area contributed by atoms with E-state index in [-0.39, 0.29) is 35.9 Å². The van der Waals surface area contributed by atoms with Gasteiger partial charge in [-0.1, -0.05) is 12.1 Å². The molecule has 0 aliphatic carbocycles. The van der Waals surface area contributed by atoms with Crippen molar-refractivity contribution in [1.29, 1.82) is 0 Å². The third kappa shape index (κ3) is 6.81. The Labute approximate surface area is 186 Å². The van der Waals surface area contributed by atoms with Crippen LogP contribution in [0.4, 0.5) is 8.78 Å². The van der Waals surface area contributed by atoms with Gasteiger partial charge in [0, 0.05) is 24.6 Å². The van der Waals surface area contributed by atoms with Crippen molar-refractivity contribution < 1.29 is 18.3 Å². The highest BCUT2D eigenvalue weighted by Crippen LogP contribution is 2.17. The third-order valence-electron chi connectivity index (χ3n) is 5.31. The lowest BCUT2D eigenvalue weighted by Crippen LogP contribution is -2.49. The number of benzene rings is 2. The van der Waals surface area contributed by atoms with Crippen LogP contribution in [0, 0.1) is 11.6 Å². The number of halogens is 2. The average molecular weight is 446 g/mol. The number of amides is 1. The van der Waals surface area contributed by atoms with Crippen molar-refractivity contribution in [1.82, 2.24) is 10.6 Å². The summed E-state index contributed by atoms with van der Waals surface area (Å²) in [5.41, 5.74) is 13.4. The van der Waals surface area contributed by atoms with E-state index in [2.05, 4.69) is 15.6 Å². The molecule has 1 fully saturated rings. The molecule has 2 aromatic carbocycles. The molecule has 0 radical (unpaired) electrons. The number of aliphatic imine (C=N–C) groups is 1. The first-order valence-corrected chi connectivity index (χ1v) is 10.6. The number of carbonyl (C=O) groups is 1. The van der Waals surface area contributed by atoms with Gasteiger partial charge in [-0.15, -0.1) is 0 Å². The standard InChI is InChI=1S/C23H29F2N5O2/c1-14(20-3-2-12-32-20)28-23(30-22(31)16-6-10-18(25)11-7-16)29-21(27)13-19(26)15-4-8-17(24)9-5-15/h4-11,14,19-21H,2-3,12-13,26-27H2,1H3,(H2,28,29,30,31). The molecule has 3 rings (SSSR count). The molecule has 0 bridgehead atoms. The highest BCUT2D eigenvalue weighted by Gasteiger charge is 2.24. The second kappa shape index (κ2) is 11.1. The van der Waals surface area contributed by atoms with Crippen molar-refractivity contribution in [3.63, 3.8) is 0 Å². The predicted molar refractivity (Wildman–Crippen MR) is 119 cm³/mol. The van der Waals surface area contributed by atoms with E-state index in [0.717, 1.165) is 18.4 Å². The molecule has 0 saturated carbocycles. The Morgan fingerprint density at radius 3 is 2.34 bits per heavy atom. The second-order valence-corrected chi connectivity index (χ2v) is 7.88. The highest BCUT2D eigenvalue weighted by molar-refractivity contribution is 6.05. The number of hydrogen-bond donors (Lipinski definition) is 4. The fraction of sp³-hybridized carbons (Fsp3) is 0.391. The van der Waals surface area contributed by atoms with Crippen LogP contribution in [0.15, 0.2) is 53.5 Å². The first kappa shape index (κ1) is 23.8. The van der Waals surface area contributed by atoms with E-state index in [0.29, 0.717) is 6.61 Å². The molecule has 4 atom stereocenters. The van der Waals surface area contributed by atoms with Crippen molar-refractivity contribution in [3.8, 4) is 0 Å². The Balaban J connectivity index is 1.71. The summed E-state index contributed by atoms with van der Waals surface area (Å²) in [5.74, 6) is -1.05. The quantitative estimate of drug-likeness (QED) is 0.386. The lowest BCUT2D eigenvalue weighted by molar-refractivity contribution is 0.0881. The largest absolute Gasteiger partial charge is 0.376 e. The van der Waals surface area contributed by atoms with Crippen LogP contribution >= 0.6 is 0 Å². The first-order valence-electron chi connectivity index (χ1n) is 10.6. The van der Waals surface area contributed by atoms with Gasteiger partial charge in [-0.05, 0) is 61.7 Å². The normalized spacial score (nSPS) is 19.3. The van der Waals surface area contributed by atoms with Crippen LogP contribution in [0.1, 0.15) is 48.1 Å². The van der Waals surface area contributed by atoms with E-state index in [1.165, 1.54) is 36.4 Å². The summed E-state index contributed by atoms with van der Waals surface area (Å²) in [6.45, 7) is 2.63. The Bertz CT molecular complexity index is 915. The molecular weight excluding hydrogens is 416 g/mol. The number of carbonyl (C=O) groups excluding carboxylic acids is 1. The molecule has 6 N–H and O–H groups in total. The van der Waals surface area contributed by atoms with Gasteiger partial charge in [0.15, 0.2) is 5.96 Å². The van der Waals surface area contributed by atoms with Gasteiger partial charge >= 0.3 is 0 Å². The second-order valence-electron chi connectivity index (χ2n) is 7.88. The number of rotatable bonds is 7. The molecule has 1 saturated heterocycles. The Hall–Kier alpha value is -2.88. The molecule has 7 nitrogen and oxygen atoms in total. The number of nitrogens with two attached hydrogens (primary N) is 2. The number of hydrogen-bond acceptors (Lipinski definition) is 5. The van der Waals surface area contributed by atoms with Crippen molar-refractivity contribution in [2.45, 2.75) is 50.5 Å². The number of nitrogens with one attached hydrogen (secondary N) is 2. The van der Waals surface area contributed by atoms with Crippen molar-refractivity contribution in [2.75, 3.05) is 6.61 Å². The molecule has 4 unspecified atom stereocenters. The first-order chi connectivity index (χ1) is 15.3. The summed E-state index contributed by atoms with van der Waals surface area (Å²) in [5, 5.41) is 5.88. The van der Waals surface area contributed by atoms with Crippen LogP contribution < -0.4 is 22.1 Å². The molecule has 0 spiro atoms. The lowest BCUT2D eigenvalue weighted by atomic mass is 10.0. The molecule has 172 valence electrons. The maximum absolute atomic E-state index is 13.2. The van der Waals surface area contributed by atoms with Crippen LogP contribution in [0.5, 0.6) is 0 Å². The number of ether oxygens (including phenoxy) is 1. The van der Waals surface area contributed by atoms with E-state index >= 15 is 0 Å². The number of nitrogens with zero attached hydrogens (tertiary/aromatic N) is 1. The van der Waals surface area contributed by atoms with Gasteiger partial charge < -0.3 is 21.5 Å². The topological polar surface area (TPSA) is 115 Å². The van der Waals surface area contributed by atoms with Gasteiger partial charge in [0.25, 0.3) is 5.91 Å². The van der Waals surface area contributed by atoms with Crippen LogP contribution in [0.3, 0.4) is 0 Å². The molecule has 1 aliphatic heterocycles. The summed E-state index contributed by atoms with van der Waals surface area (Å²) in [6, 6.07) is 10.5. The minimum atomic E-state index is -0.734. The van der Waals surface area contributed by atoms with Crippen molar-refractivity contribution in [2.24, 2.45) is 16.5 Å². The monoisotopic (exact) mass is 445 g/mol. The van der Waals surface area contributed by atoms with E-state index < -0.39 is 23.9 Å². The molecule has 0 aromatic heterocycles. The molecule has 1 amide bonds. The van der Waals surface area contributed by atoms with Gasteiger partial charge in [-0.3, -0.25) is 10.1 Å². The van der Waals surface area contributed by atoms with Crippen molar-refractivity contribution in [3.05, 3.63) is 71.3 Å². The minimum Gasteiger partial charge on any atom is -0.376 e. The van der Waals surface area contributed by atoms with Gasteiger partial charge in [-0.25, -0.2) is 13.8 Å². The fourth-order valence-corrected chi connectivity index (χ4v) is 3.52. The third-order valence-corrected chi connectivity index (χ3v) is 5.31. The zero-order valence-corrected chi connectivity index (χ0v) is 17.9. The van der Waals surface area contributed by atoms with Crippen LogP contribution in [-0.4, -0.2) is 36.8 Å². The zero-order valence-electron chi connectivity index (χ0n) is 17.9. The number of guanidine groups is 1. The van der Waals surface area contributed by atoms with E-state index in [4.69, 9.17) is 16.2 Å². The van der Waals surface area contributed by atoms with Crippen LogP contribution in [0.2, 0.25) is 0 Å². The summed E-state index contributed by atoms with van der Waals surface area (Å²) in [4.78, 5) is 17.1. The SMILES string of the molecule is CC(NC(=NC(N)CC(N)c1ccc(F)cc1)NC(=O)c1ccc(F)cc1)C1CCCO1. The van der Waals surface area contributed by atoms with Crippen molar-refractivity contribution >= 4 is 11.9 Å². The zero-order chi connectivity index (χ0) is 23.1. The molecule has 32 heavy (non-hydrogen) atoms. The maximum Gasteiger partial charge on any atom is 0.257 e. The fourth-order valence-electron chi connectivity index (χ4n) is 3.52. The van der Waals surface area contributed by atoms with Gasteiger partial charge in [-0.2, -0.15) is 0 Å². The summed E-state index contributed by atoms with van der Waals surface area (Å²) in [6.07, 6.45) is 1.40. The Kier molecular flexibility index (Phi) is 8.26. The van der Waals surface area contributed by atoms with E-state index in [9.17, 15) is 13.6 Å². The van der Waals surface area contributed by atoms with Gasteiger partial charge in [0.2, 0.25) is 0 Å². The summed E-state index contributed by atoms with van der Waals surface area (Å²) < 4.78 is 32.0.